The molecule has 1 aromatic carbocycles. The molecule has 1 amide bonds. The number of nitrogens with zero attached hydrogens (tertiary/aromatic N) is 3. The first-order valence-corrected chi connectivity index (χ1v) is 8.44. The third kappa shape index (κ3) is 4.58. The van der Waals surface area contributed by atoms with Crippen LogP contribution in [0.25, 0.3) is 0 Å². The minimum atomic E-state index is -0.0371. The molecule has 1 aromatic heterocycles. The van der Waals surface area contributed by atoms with E-state index in [0.29, 0.717) is 18.1 Å². The number of amides is 1. The topological polar surface area (TPSA) is 50.2 Å². The molecule has 24 heavy (non-hydrogen) atoms. The van der Waals surface area contributed by atoms with Gasteiger partial charge in [-0.3, -0.25) is 14.4 Å². The summed E-state index contributed by atoms with van der Waals surface area (Å²) in [6.07, 6.45) is 0. The number of carbonyl (C=O) groups is 1. The molecule has 0 spiro atoms. The molecule has 0 unspecified atom stereocenters. The zero-order valence-electron chi connectivity index (χ0n) is 14.9. The van der Waals surface area contributed by atoms with E-state index in [2.05, 4.69) is 29.2 Å². The molecule has 0 saturated carbocycles. The normalized spacial score (nSPS) is 11.3. The largest absolute Gasteiger partial charge is 0.322 e. The average molecular weight is 349 g/mol. The van der Waals surface area contributed by atoms with Crippen molar-refractivity contribution in [3.8, 4) is 0 Å². The molecule has 0 aliphatic heterocycles. The van der Waals surface area contributed by atoms with E-state index in [9.17, 15) is 4.79 Å². The fourth-order valence-corrected chi connectivity index (χ4v) is 2.82. The number of anilines is 1. The number of carbonyl (C=O) groups excluding carboxylic acids is 1. The van der Waals surface area contributed by atoms with E-state index in [1.54, 1.807) is 4.68 Å². The predicted octanol–water partition coefficient (Wildman–Crippen LogP) is 3.54. The van der Waals surface area contributed by atoms with Gasteiger partial charge in [0.2, 0.25) is 5.91 Å². The Bertz CT molecular complexity index is 724. The van der Waals surface area contributed by atoms with E-state index in [0.717, 1.165) is 22.6 Å². The lowest BCUT2D eigenvalue weighted by molar-refractivity contribution is -0.117. The van der Waals surface area contributed by atoms with Gasteiger partial charge in [-0.15, -0.1) is 0 Å². The maximum absolute atomic E-state index is 12.5. The maximum Gasteiger partial charge on any atom is 0.238 e. The number of hydrogen-bond donors (Lipinski definition) is 1. The van der Waals surface area contributed by atoms with Crippen LogP contribution in [0.15, 0.2) is 24.3 Å². The van der Waals surface area contributed by atoms with Crippen molar-refractivity contribution >= 4 is 23.2 Å². The Balaban J connectivity index is 2.06. The van der Waals surface area contributed by atoms with Crippen molar-refractivity contribution in [2.75, 3.05) is 11.9 Å². The highest BCUT2D eigenvalue weighted by atomic mass is 35.5. The van der Waals surface area contributed by atoms with Crippen molar-refractivity contribution in [3.63, 3.8) is 0 Å². The average Bonchev–Trinajstić information content (AvgIpc) is 2.73. The van der Waals surface area contributed by atoms with Crippen LogP contribution >= 0.6 is 11.6 Å². The Morgan fingerprint density at radius 3 is 2.62 bits per heavy atom. The van der Waals surface area contributed by atoms with E-state index in [4.69, 9.17) is 11.6 Å². The van der Waals surface area contributed by atoms with Crippen molar-refractivity contribution in [1.29, 1.82) is 0 Å². The first-order chi connectivity index (χ1) is 11.3. The van der Waals surface area contributed by atoms with Crippen LogP contribution in [0.3, 0.4) is 0 Å². The summed E-state index contributed by atoms with van der Waals surface area (Å²) < 4.78 is 1.77. The van der Waals surface area contributed by atoms with Gasteiger partial charge in [-0.1, -0.05) is 23.7 Å². The molecule has 0 bridgehead atoms. The van der Waals surface area contributed by atoms with Gasteiger partial charge in [-0.05, 0) is 45.4 Å². The fraction of sp³-hybridized carbons (Fsp3) is 0.444. The first-order valence-electron chi connectivity index (χ1n) is 8.06. The summed E-state index contributed by atoms with van der Waals surface area (Å²) in [4.78, 5) is 14.6. The number of nitrogens with one attached hydrogen (secondary N) is 1. The smallest absolute Gasteiger partial charge is 0.238 e. The van der Waals surface area contributed by atoms with Gasteiger partial charge in [0.25, 0.3) is 0 Å². The van der Waals surface area contributed by atoms with Crippen LogP contribution in [-0.2, 0) is 18.4 Å². The summed E-state index contributed by atoms with van der Waals surface area (Å²) in [6.45, 7) is 9.00. The van der Waals surface area contributed by atoms with Crippen LogP contribution in [0.4, 0.5) is 5.69 Å². The summed E-state index contributed by atoms with van der Waals surface area (Å²) >= 11 is 6.05. The van der Waals surface area contributed by atoms with Crippen LogP contribution in [0.2, 0.25) is 5.02 Å². The Morgan fingerprint density at radius 1 is 1.38 bits per heavy atom. The van der Waals surface area contributed by atoms with Crippen molar-refractivity contribution in [3.05, 3.63) is 46.2 Å². The second-order valence-corrected chi connectivity index (χ2v) is 6.78. The summed E-state index contributed by atoms with van der Waals surface area (Å²) in [6, 6.07) is 7.98. The van der Waals surface area contributed by atoms with Gasteiger partial charge in [-0.2, -0.15) is 5.10 Å². The standard InChI is InChI=1S/C18H25ClN4O/c1-12(2)23(10-15-7-6-8-16(19)9-15)11-17(24)20-18-13(3)21-22(5)14(18)4/h6-9,12H,10-11H2,1-5H3,(H,20,24). The second-order valence-electron chi connectivity index (χ2n) is 6.35. The van der Waals surface area contributed by atoms with Crippen LogP contribution < -0.4 is 5.32 Å². The molecule has 0 fully saturated rings. The summed E-state index contributed by atoms with van der Waals surface area (Å²) in [5.41, 5.74) is 3.67. The first kappa shape index (κ1) is 18.5. The highest BCUT2D eigenvalue weighted by Crippen LogP contribution is 2.19. The van der Waals surface area contributed by atoms with E-state index in [1.165, 1.54) is 0 Å². The third-order valence-electron chi connectivity index (χ3n) is 4.13. The number of halogens is 1. The molecule has 130 valence electrons. The number of rotatable bonds is 6. The minimum Gasteiger partial charge on any atom is -0.322 e. The van der Waals surface area contributed by atoms with Gasteiger partial charge >= 0.3 is 0 Å². The Labute approximate surface area is 148 Å². The van der Waals surface area contributed by atoms with Gasteiger partial charge in [0.05, 0.1) is 23.6 Å². The van der Waals surface area contributed by atoms with Crippen molar-refractivity contribution in [2.45, 2.75) is 40.3 Å². The summed E-state index contributed by atoms with van der Waals surface area (Å²) in [7, 11) is 1.87. The monoisotopic (exact) mass is 348 g/mol. The molecule has 2 rings (SSSR count). The van der Waals surface area contributed by atoms with E-state index in [1.807, 2.05) is 45.2 Å². The van der Waals surface area contributed by atoms with Crippen LogP contribution in [0.1, 0.15) is 30.8 Å². The summed E-state index contributed by atoms with van der Waals surface area (Å²) in [5, 5.41) is 8.03. The second kappa shape index (κ2) is 7.81. The summed E-state index contributed by atoms with van der Waals surface area (Å²) in [5.74, 6) is -0.0371. The van der Waals surface area contributed by atoms with Crippen molar-refractivity contribution in [2.24, 2.45) is 7.05 Å². The Kier molecular flexibility index (Phi) is 6.02. The molecule has 0 aliphatic carbocycles. The molecule has 0 aliphatic rings. The number of benzene rings is 1. The molecule has 0 radical (unpaired) electrons. The highest BCUT2D eigenvalue weighted by Gasteiger charge is 2.17. The van der Waals surface area contributed by atoms with E-state index in [-0.39, 0.29) is 11.9 Å². The third-order valence-corrected chi connectivity index (χ3v) is 4.36. The Hall–Kier alpha value is -1.85. The van der Waals surface area contributed by atoms with Crippen molar-refractivity contribution < 1.29 is 4.79 Å². The highest BCUT2D eigenvalue weighted by molar-refractivity contribution is 6.30. The molecule has 1 N–H and O–H groups in total. The molecule has 1 heterocycles. The lowest BCUT2D eigenvalue weighted by atomic mass is 10.2. The number of aryl methyl sites for hydroxylation is 2. The predicted molar refractivity (Wildman–Crippen MR) is 98.3 cm³/mol. The van der Waals surface area contributed by atoms with Gasteiger partial charge in [0.15, 0.2) is 0 Å². The molecule has 5 nitrogen and oxygen atoms in total. The zero-order chi connectivity index (χ0) is 17.9. The van der Waals surface area contributed by atoms with Gasteiger partial charge in [-0.25, -0.2) is 0 Å². The van der Waals surface area contributed by atoms with Crippen LogP contribution in [-0.4, -0.2) is 33.2 Å². The van der Waals surface area contributed by atoms with Crippen LogP contribution in [0, 0.1) is 13.8 Å². The number of aromatic nitrogens is 2. The molecule has 0 atom stereocenters. The molecular weight excluding hydrogens is 324 g/mol. The van der Waals surface area contributed by atoms with E-state index >= 15 is 0 Å². The van der Waals surface area contributed by atoms with Crippen molar-refractivity contribution in [1.82, 2.24) is 14.7 Å². The Morgan fingerprint density at radius 2 is 2.08 bits per heavy atom. The molecule has 2 aromatic rings. The van der Waals surface area contributed by atoms with Gasteiger partial charge in [0.1, 0.15) is 0 Å². The lowest BCUT2D eigenvalue weighted by Crippen LogP contribution is -2.37. The van der Waals surface area contributed by atoms with Gasteiger partial charge < -0.3 is 5.32 Å². The fourth-order valence-electron chi connectivity index (χ4n) is 2.61. The quantitative estimate of drug-likeness (QED) is 0.868. The SMILES string of the molecule is Cc1nn(C)c(C)c1NC(=O)CN(Cc1cccc(Cl)c1)C(C)C. The van der Waals surface area contributed by atoms with Crippen LogP contribution in [0.5, 0.6) is 0 Å². The molecular formula is C18H25ClN4O. The maximum atomic E-state index is 12.5. The minimum absolute atomic E-state index is 0.0371. The number of hydrogen-bond acceptors (Lipinski definition) is 3. The molecule has 0 saturated heterocycles. The zero-order valence-corrected chi connectivity index (χ0v) is 15.7. The lowest BCUT2D eigenvalue weighted by Gasteiger charge is -2.26. The molecule has 6 heteroatoms. The van der Waals surface area contributed by atoms with E-state index < -0.39 is 0 Å². The van der Waals surface area contributed by atoms with Gasteiger partial charge in [0, 0.05) is 24.7 Å².